The monoisotopic (exact) mass is 272 g/mol. The van der Waals surface area contributed by atoms with Crippen LogP contribution in [0, 0.1) is 5.41 Å². The Labute approximate surface area is 86.5 Å². The molecule has 3 nitrogen and oxygen atoms in total. The van der Waals surface area contributed by atoms with Gasteiger partial charge in [0.25, 0.3) is 0 Å². The van der Waals surface area contributed by atoms with Crippen molar-refractivity contribution in [3.8, 4) is 0 Å². The molecule has 1 rings (SSSR count). The third kappa shape index (κ3) is 2.42. The second-order valence-electron chi connectivity index (χ2n) is 3.44. The van der Waals surface area contributed by atoms with E-state index >= 15 is 0 Å². The van der Waals surface area contributed by atoms with Gasteiger partial charge < -0.3 is 0 Å². The minimum atomic E-state index is -5.95. The predicted octanol–water partition coefficient (Wildman–Crippen LogP) is 2.20. The van der Waals surface area contributed by atoms with E-state index < -0.39 is 46.7 Å². The molecule has 0 N–H and O–H groups in total. The lowest BCUT2D eigenvalue weighted by Gasteiger charge is -2.18. The molecule has 0 unspecified atom stereocenters. The second kappa shape index (κ2) is 3.49. The summed E-state index contributed by atoms with van der Waals surface area (Å²) in [7, 11) is -5.95. The van der Waals surface area contributed by atoms with Gasteiger partial charge in [-0.25, -0.2) is 0 Å². The summed E-state index contributed by atoms with van der Waals surface area (Å²) in [6, 6.07) is 0. The van der Waals surface area contributed by atoms with Gasteiger partial charge in [0.1, 0.15) is 0 Å². The average Bonchev–Trinajstić information content (AvgIpc) is 2.77. The van der Waals surface area contributed by atoms with Gasteiger partial charge in [-0.1, -0.05) is 0 Å². The van der Waals surface area contributed by atoms with Crippen LogP contribution >= 0.6 is 0 Å². The van der Waals surface area contributed by atoms with Gasteiger partial charge in [-0.2, -0.15) is 34.8 Å². The molecule has 1 aliphatic rings. The van der Waals surface area contributed by atoms with Crippen molar-refractivity contribution in [3.63, 3.8) is 0 Å². The second-order valence-corrected chi connectivity index (χ2v) is 5.05. The summed E-state index contributed by atoms with van der Waals surface area (Å²) in [6.45, 7) is -1.52. The molecule has 1 aliphatic carbocycles. The van der Waals surface area contributed by atoms with Gasteiger partial charge in [0.05, 0.1) is 12.0 Å². The van der Waals surface area contributed by atoms with E-state index in [-0.39, 0.29) is 0 Å². The highest BCUT2D eigenvalue weighted by Crippen LogP contribution is 2.58. The minimum absolute atomic E-state index is 0.427. The van der Waals surface area contributed by atoms with Crippen molar-refractivity contribution in [2.75, 3.05) is 6.61 Å². The van der Waals surface area contributed by atoms with E-state index in [0.717, 1.165) is 0 Å². The lowest BCUT2D eigenvalue weighted by molar-refractivity contribution is -0.195. The fraction of sp³-hybridized carbons (Fsp3) is 1.00. The first kappa shape index (κ1) is 13.6. The Balaban J connectivity index is 2.67. The zero-order chi connectivity index (χ0) is 12.8. The van der Waals surface area contributed by atoms with Crippen molar-refractivity contribution in [2.24, 2.45) is 5.41 Å². The molecule has 0 bridgehead atoms. The summed E-state index contributed by atoms with van der Waals surface area (Å²) in [6.07, 6.45) is -5.61. The molecule has 1 fully saturated rings. The van der Waals surface area contributed by atoms with E-state index in [1.165, 1.54) is 0 Å². The zero-order valence-corrected chi connectivity index (χ0v) is 8.34. The van der Waals surface area contributed by atoms with Crippen molar-refractivity contribution >= 4 is 10.1 Å². The standard InChI is InChI=1S/C6H6F6O3S/c7-5(8,9)4(1-2-4)3-15-16(13,14)6(10,11)12/h1-3H2. The van der Waals surface area contributed by atoms with Gasteiger partial charge in [-0.15, -0.1) is 0 Å². The largest absolute Gasteiger partial charge is 0.523 e. The van der Waals surface area contributed by atoms with Crippen LogP contribution < -0.4 is 0 Å². The van der Waals surface area contributed by atoms with Crippen LogP contribution in [-0.2, 0) is 14.3 Å². The molecule has 0 saturated heterocycles. The highest BCUT2D eigenvalue weighted by molar-refractivity contribution is 7.87. The van der Waals surface area contributed by atoms with Crippen molar-refractivity contribution in [2.45, 2.75) is 24.5 Å². The molecule has 10 heteroatoms. The van der Waals surface area contributed by atoms with E-state index in [1.54, 1.807) is 0 Å². The van der Waals surface area contributed by atoms with E-state index in [2.05, 4.69) is 4.18 Å². The van der Waals surface area contributed by atoms with Gasteiger partial charge in [0, 0.05) is 0 Å². The first-order valence-electron chi connectivity index (χ1n) is 3.94. The molecule has 1 saturated carbocycles. The van der Waals surface area contributed by atoms with Gasteiger partial charge >= 0.3 is 21.8 Å². The molecular formula is C6H6F6O3S. The third-order valence-electron chi connectivity index (χ3n) is 2.23. The first-order valence-corrected chi connectivity index (χ1v) is 5.35. The van der Waals surface area contributed by atoms with Crippen LogP contribution in [0.2, 0.25) is 0 Å². The molecule has 0 spiro atoms. The van der Waals surface area contributed by atoms with Crippen LogP contribution in [0.5, 0.6) is 0 Å². The Morgan fingerprint density at radius 2 is 1.50 bits per heavy atom. The summed E-state index contributed by atoms with van der Waals surface area (Å²) < 4.78 is 95.9. The maximum atomic E-state index is 12.2. The van der Waals surface area contributed by atoms with E-state index in [9.17, 15) is 34.8 Å². The van der Waals surface area contributed by atoms with Gasteiger partial charge in [0.15, 0.2) is 0 Å². The Hall–Kier alpha value is -0.510. The minimum Gasteiger partial charge on any atom is -0.262 e. The molecule has 0 radical (unpaired) electrons. The van der Waals surface area contributed by atoms with E-state index in [0.29, 0.717) is 0 Å². The number of alkyl halides is 6. The molecule has 0 heterocycles. The Morgan fingerprint density at radius 1 is 1.06 bits per heavy atom. The zero-order valence-electron chi connectivity index (χ0n) is 7.52. The average molecular weight is 272 g/mol. The van der Waals surface area contributed by atoms with Gasteiger partial charge in [-0.05, 0) is 12.8 Å². The maximum absolute atomic E-state index is 12.2. The SMILES string of the molecule is O=S(=O)(OCC1(C(F)(F)F)CC1)C(F)(F)F. The summed E-state index contributed by atoms with van der Waals surface area (Å²) in [5.74, 6) is 0. The lowest BCUT2D eigenvalue weighted by atomic mass is 10.1. The van der Waals surface area contributed by atoms with Crippen LogP contribution in [0.1, 0.15) is 12.8 Å². The molecule has 96 valence electrons. The smallest absolute Gasteiger partial charge is 0.262 e. The van der Waals surface area contributed by atoms with Crippen molar-refractivity contribution in [1.82, 2.24) is 0 Å². The van der Waals surface area contributed by atoms with Crippen LogP contribution in [-0.4, -0.2) is 26.7 Å². The van der Waals surface area contributed by atoms with Crippen LogP contribution in [0.3, 0.4) is 0 Å². The van der Waals surface area contributed by atoms with Gasteiger partial charge in [0.2, 0.25) is 0 Å². The maximum Gasteiger partial charge on any atom is 0.523 e. The summed E-state index contributed by atoms with van der Waals surface area (Å²) in [4.78, 5) is 0. The van der Waals surface area contributed by atoms with Crippen LogP contribution in [0.15, 0.2) is 0 Å². The molecular weight excluding hydrogens is 266 g/mol. The number of hydrogen-bond donors (Lipinski definition) is 0. The summed E-state index contributed by atoms with van der Waals surface area (Å²) in [5, 5.41) is 0. The Morgan fingerprint density at radius 3 is 1.75 bits per heavy atom. The van der Waals surface area contributed by atoms with E-state index in [4.69, 9.17) is 0 Å². The molecule has 0 atom stereocenters. The van der Waals surface area contributed by atoms with Crippen molar-refractivity contribution < 1.29 is 38.9 Å². The third-order valence-corrected chi connectivity index (χ3v) is 3.22. The molecule has 0 aromatic carbocycles. The quantitative estimate of drug-likeness (QED) is 0.449. The summed E-state index contributed by atoms with van der Waals surface area (Å²) >= 11 is 0. The molecule has 16 heavy (non-hydrogen) atoms. The normalized spacial score (nSPS) is 20.9. The van der Waals surface area contributed by atoms with Crippen LogP contribution in [0.4, 0.5) is 26.3 Å². The van der Waals surface area contributed by atoms with Crippen LogP contribution in [0.25, 0.3) is 0 Å². The first-order chi connectivity index (χ1) is 6.91. The van der Waals surface area contributed by atoms with Gasteiger partial charge in [-0.3, -0.25) is 4.18 Å². The summed E-state index contributed by atoms with van der Waals surface area (Å²) in [5.41, 5.74) is -8.14. The number of rotatable bonds is 3. The topological polar surface area (TPSA) is 43.4 Å². The molecule has 0 aromatic rings. The van der Waals surface area contributed by atoms with Crippen molar-refractivity contribution in [3.05, 3.63) is 0 Å². The van der Waals surface area contributed by atoms with E-state index in [1.807, 2.05) is 0 Å². The molecule has 0 amide bonds. The fourth-order valence-corrected chi connectivity index (χ4v) is 1.43. The van der Waals surface area contributed by atoms with Crippen molar-refractivity contribution in [1.29, 1.82) is 0 Å². The number of halogens is 6. The highest BCUT2D eigenvalue weighted by atomic mass is 32.2. The predicted molar refractivity (Wildman–Crippen MR) is 38.6 cm³/mol. The molecule has 0 aliphatic heterocycles. The Bertz CT molecular complexity index is 363. The fourth-order valence-electron chi connectivity index (χ4n) is 0.918. The Kier molecular flexibility index (Phi) is 2.96. The molecule has 0 aromatic heterocycles. The number of hydrogen-bond acceptors (Lipinski definition) is 3. The lowest BCUT2D eigenvalue weighted by Crippen LogP contribution is -2.34. The highest BCUT2D eigenvalue weighted by Gasteiger charge is 2.64.